The van der Waals surface area contributed by atoms with Gasteiger partial charge in [0, 0.05) is 37.7 Å². The van der Waals surface area contributed by atoms with Crippen LogP contribution in [-0.2, 0) is 14.3 Å². The highest BCUT2D eigenvalue weighted by atomic mass is 16.6. The number of ether oxygens (including phenoxy) is 3. The average molecular weight is 489 g/mol. The van der Waals surface area contributed by atoms with Crippen LogP contribution in [0.5, 0.6) is 11.5 Å². The van der Waals surface area contributed by atoms with Crippen molar-refractivity contribution >= 4 is 23.3 Å². The Hall–Kier alpha value is -3.98. The highest BCUT2D eigenvalue weighted by Crippen LogP contribution is 2.36. The smallest absolute Gasteiger partial charge is 0.252 e. The molecule has 2 atom stereocenters. The minimum Gasteiger partial charge on any atom is -0.493 e. The highest BCUT2D eigenvalue weighted by Gasteiger charge is 2.34. The first kappa shape index (κ1) is 23.7. The van der Waals surface area contributed by atoms with Gasteiger partial charge in [-0.1, -0.05) is 24.3 Å². The van der Waals surface area contributed by atoms with Crippen molar-refractivity contribution < 1.29 is 23.8 Å². The standard InChI is InChI=1S/C27H28N4O5/c1-34-23-8-7-19(13-24(23)36-22-9-12-35-18-22)20-14-26(32)30(16-20)17-27(33)31(21-5-3-2-4-6-21)25-15-28-10-11-29-25/h2-8,10-11,13,15,20,22H,9,12,14,16-18H2,1H3/t20-,22-/m1/s1. The molecule has 0 aliphatic carbocycles. The Morgan fingerprint density at radius 3 is 2.75 bits per heavy atom. The fraction of sp³-hybridized carbons (Fsp3) is 0.333. The zero-order chi connectivity index (χ0) is 24.9. The molecule has 2 aliphatic heterocycles. The van der Waals surface area contributed by atoms with E-state index in [-0.39, 0.29) is 30.4 Å². The highest BCUT2D eigenvalue weighted by molar-refractivity contribution is 6.02. The number of amides is 2. The quantitative estimate of drug-likeness (QED) is 0.480. The number of carbonyl (C=O) groups is 2. The molecular formula is C27H28N4O5. The Bertz CT molecular complexity index is 1160. The van der Waals surface area contributed by atoms with Crippen molar-refractivity contribution in [3.05, 3.63) is 72.7 Å². The molecular weight excluding hydrogens is 460 g/mol. The number of hydrogen-bond donors (Lipinski definition) is 0. The summed E-state index contributed by atoms with van der Waals surface area (Å²) in [7, 11) is 1.61. The first-order chi connectivity index (χ1) is 17.6. The number of aromatic nitrogens is 2. The van der Waals surface area contributed by atoms with Gasteiger partial charge in [-0.05, 0) is 29.8 Å². The van der Waals surface area contributed by atoms with Crippen LogP contribution in [0.15, 0.2) is 67.1 Å². The third-order valence-electron chi connectivity index (χ3n) is 6.42. The van der Waals surface area contributed by atoms with Gasteiger partial charge in [-0.25, -0.2) is 4.98 Å². The van der Waals surface area contributed by atoms with Crippen LogP contribution in [0.3, 0.4) is 0 Å². The Morgan fingerprint density at radius 2 is 2.03 bits per heavy atom. The lowest BCUT2D eigenvalue weighted by Gasteiger charge is -2.24. The zero-order valence-electron chi connectivity index (χ0n) is 20.1. The molecule has 186 valence electrons. The third kappa shape index (κ3) is 5.16. The van der Waals surface area contributed by atoms with Gasteiger partial charge >= 0.3 is 0 Å². The molecule has 0 saturated carbocycles. The molecule has 5 rings (SSSR count). The fourth-order valence-electron chi connectivity index (χ4n) is 4.59. The van der Waals surface area contributed by atoms with Gasteiger partial charge in [0.05, 0.1) is 32.2 Å². The number of methoxy groups -OCH3 is 1. The van der Waals surface area contributed by atoms with E-state index < -0.39 is 0 Å². The molecule has 2 saturated heterocycles. The fourth-order valence-corrected chi connectivity index (χ4v) is 4.59. The number of para-hydroxylation sites is 1. The summed E-state index contributed by atoms with van der Waals surface area (Å²) in [4.78, 5) is 37.9. The monoisotopic (exact) mass is 488 g/mol. The van der Waals surface area contributed by atoms with E-state index in [4.69, 9.17) is 14.2 Å². The molecule has 0 unspecified atom stereocenters. The molecule has 0 N–H and O–H groups in total. The van der Waals surface area contributed by atoms with Gasteiger partial charge < -0.3 is 19.1 Å². The number of anilines is 2. The third-order valence-corrected chi connectivity index (χ3v) is 6.42. The normalized spacial score (nSPS) is 19.4. The summed E-state index contributed by atoms with van der Waals surface area (Å²) in [6.45, 7) is 1.61. The molecule has 0 radical (unpaired) electrons. The first-order valence-electron chi connectivity index (χ1n) is 12.0. The summed E-state index contributed by atoms with van der Waals surface area (Å²) >= 11 is 0. The predicted molar refractivity (Wildman–Crippen MR) is 132 cm³/mol. The zero-order valence-corrected chi connectivity index (χ0v) is 20.1. The summed E-state index contributed by atoms with van der Waals surface area (Å²) < 4.78 is 17.0. The van der Waals surface area contributed by atoms with E-state index in [1.807, 2.05) is 48.5 Å². The SMILES string of the molecule is COc1ccc([C@@H]2CC(=O)N(CC(=O)N(c3ccccc3)c3cnccn3)C2)cc1O[C@@H]1CCOC1. The number of hydrogen-bond acceptors (Lipinski definition) is 7. The maximum atomic E-state index is 13.4. The largest absolute Gasteiger partial charge is 0.493 e. The molecule has 36 heavy (non-hydrogen) atoms. The van der Waals surface area contributed by atoms with Crippen LogP contribution in [0.2, 0.25) is 0 Å². The Morgan fingerprint density at radius 1 is 1.17 bits per heavy atom. The van der Waals surface area contributed by atoms with E-state index in [2.05, 4.69) is 9.97 Å². The van der Waals surface area contributed by atoms with Gasteiger partial charge in [0.25, 0.3) is 5.91 Å². The maximum absolute atomic E-state index is 13.4. The summed E-state index contributed by atoms with van der Waals surface area (Å²) in [6.07, 6.45) is 5.76. The van der Waals surface area contributed by atoms with Crippen LogP contribution in [0.4, 0.5) is 11.5 Å². The second kappa shape index (κ2) is 10.7. The lowest BCUT2D eigenvalue weighted by Crippen LogP contribution is -2.39. The van der Waals surface area contributed by atoms with Crippen molar-refractivity contribution in [1.82, 2.24) is 14.9 Å². The van der Waals surface area contributed by atoms with Gasteiger partial charge in [0.15, 0.2) is 17.3 Å². The molecule has 0 spiro atoms. The number of benzene rings is 2. The van der Waals surface area contributed by atoms with Crippen LogP contribution in [0.1, 0.15) is 24.3 Å². The molecule has 0 bridgehead atoms. The maximum Gasteiger partial charge on any atom is 0.252 e. The van der Waals surface area contributed by atoms with Crippen molar-refractivity contribution in [1.29, 1.82) is 0 Å². The lowest BCUT2D eigenvalue weighted by atomic mass is 9.98. The van der Waals surface area contributed by atoms with E-state index in [1.165, 1.54) is 17.3 Å². The minimum absolute atomic E-state index is 0.0152. The van der Waals surface area contributed by atoms with Crippen LogP contribution in [-0.4, -0.2) is 66.2 Å². The van der Waals surface area contributed by atoms with E-state index in [1.54, 1.807) is 18.2 Å². The van der Waals surface area contributed by atoms with Gasteiger partial charge in [0.2, 0.25) is 5.91 Å². The molecule has 3 aromatic rings. The first-order valence-corrected chi connectivity index (χ1v) is 12.0. The van der Waals surface area contributed by atoms with Crippen molar-refractivity contribution in [2.24, 2.45) is 0 Å². The number of likely N-dealkylation sites (tertiary alicyclic amines) is 1. The van der Waals surface area contributed by atoms with Gasteiger partial charge in [-0.2, -0.15) is 0 Å². The predicted octanol–water partition coefficient (Wildman–Crippen LogP) is 3.33. The summed E-state index contributed by atoms with van der Waals surface area (Å²) in [5, 5.41) is 0. The molecule has 9 heteroatoms. The van der Waals surface area contributed by atoms with Crippen molar-refractivity contribution in [2.75, 3.05) is 38.3 Å². The molecule has 2 fully saturated rings. The van der Waals surface area contributed by atoms with E-state index in [0.717, 1.165) is 12.0 Å². The Labute approximate surface area is 209 Å². The van der Waals surface area contributed by atoms with E-state index in [9.17, 15) is 9.59 Å². The molecule has 9 nitrogen and oxygen atoms in total. The molecule has 2 aromatic carbocycles. The van der Waals surface area contributed by atoms with Crippen molar-refractivity contribution in [3.8, 4) is 11.5 Å². The summed E-state index contributed by atoms with van der Waals surface area (Å²) in [6, 6.07) is 15.0. The minimum atomic E-state index is -0.254. The summed E-state index contributed by atoms with van der Waals surface area (Å²) in [5.41, 5.74) is 1.64. The van der Waals surface area contributed by atoms with Crippen molar-refractivity contribution in [2.45, 2.75) is 24.9 Å². The average Bonchev–Trinajstić information content (AvgIpc) is 3.55. The molecule has 2 aliphatic rings. The van der Waals surface area contributed by atoms with Crippen LogP contribution < -0.4 is 14.4 Å². The van der Waals surface area contributed by atoms with Crippen molar-refractivity contribution in [3.63, 3.8) is 0 Å². The second-order valence-electron chi connectivity index (χ2n) is 8.82. The van der Waals surface area contributed by atoms with Crippen LogP contribution in [0.25, 0.3) is 0 Å². The van der Waals surface area contributed by atoms with Crippen LogP contribution >= 0.6 is 0 Å². The number of rotatable bonds is 8. The lowest BCUT2D eigenvalue weighted by molar-refractivity contribution is -0.131. The Balaban J connectivity index is 1.32. The van der Waals surface area contributed by atoms with Gasteiger partial charge in [-0.3, -0.25) is 19.5 Å². The van der Waals surface area contributed by atoms with E-state index in [0.29, 0.717) is 49.2 Å². The summed E-state index contributed by atoms with van der Waals surface area (Å²) in [5.74, 6) is 1.32. The second-order valence-corrected chi connectivity index (χ2v) is 8.82. The molecule has 1 aromatic heterocycles. The topological polar surface area (TPSA) is 94.1 Å². The Kier molecular flexibility index (Phi) is 7.08. The van der Waals surface area contributed by atoms with E-state index >= 15 is 0 Å². The molecule has 3 heterocycles. The molecule has 2 amide bonds. The van der Waals surface area contributed by atoms with Gasteiger partial charge in [0.1, 0.15) is 12.6 Å². The number of carbonyl (C=O) groups excluding carboxylic acids is 2. The van der Waals surface area contributed by atoms with Crippen LogP contribution in [0, 0.1) is 0 Å². The number of nitrogens with zero attached hydrogens (tertiary/aromatic N) is 4. The van der Waals surface area contributed by atoms with Gasteiger partial charge in [-0.15, -0.1) is 0 Å².